The second-order valence-corrected chi connectivity index (χ2v) is 7.07. The number of hydrogen-bond acceptors (Lipinski definition) is 4. The summed E-state index contributed by atoms with van der Waals surface area (Å²) in [5.41, 5.74) is 1.99. The molecule has 0 amide bonds. The predicted molar refractivity (Wildman–Crippen MR) is 104 cm³/mol. The number of rotatable bonds is 8. The average Bonchev–Trinajstić information content (AvgIpc) is 3.16. The van der Waals surface area contributed by atoms with Gasteiger partial charge < -0.3 is 19.5 Å². The molecule has 0 unspecified atom stereocenters. The van der Waals surface area contributed by atoms with Crippen molar-refractivity contribution >= 4 is 23.2 Å². The van der Waals surface area contributed by atoms with Crippen molar-refractivity contribution in [3.63, 3.8) is 0 Å². The van der Waals surface area contributed by atoms with Crippen molar-refractivity contribution < 1.29 is 14.2 Å². The van der Waals surface area contributed by atoms with Gasteiger partial charge in [-0.05, 0) is 36.6 Å². The van der Waals surface area contributed by atoms with Crippen molar-refractivity contribution in [2.75, 3.05) is 20.3 Å². The van der Waals surface area contributed by atoms with Gasteiger partial charge in [0.05, 0.1) is 23.3 Å². The summed E-state index contributed by atoms with van der Waals surface area (Å²) in [7, 11) is 1.64. The summed E-state index contributed by atoms with van der Waals surface area (Å²) in [6.07, 6.45) is 2.57. The minimum atomic E-state index is 0.307. The molecule has 0 aliphatic carbocycles. The monoisotopic (exact) mass is 395 g/mol. The molecule has 0 spiro atoms. The van der Waals surface area contributed by atoms with Crippen LogP contribution < -0.4 is 14.8 Å². The molecule has 3 rings (SSSR count). The Bertz CT molecular complexity index is 733. The maximum Gasteiger partial charge on any atom is 0.166 e. The highest BCUT2D eigenvalue weighted by Gasteiger charge is 2.16. The fourth-order valence-corrected chi connectivity index (χ4v) is 3.30. The molecule has 0 aromatic heterocycles. The van der Waals surface area contributed by atoms with Crippen molar-refractivity contribution in [1.82, 2.24) is 5.32 Å². The number of benzene rings is 2. The van der Waals surface area contributed by atoms with E-state index in [0.29, 0.717) is 35.1 Å². The van der Waals surface area contributed by atoms with Gasteiger partial charge in [0, 0.05) is 25.3 Å². The van der Waals surface area contributed by atoms with E-state index >= 15 is 0 Å². The van der Waals surface area contributed by atoms with Crippen LogP contribution in [0.25, 0.3) is 0 Å². The Hall–Kier alpha value is -1.46. The number of nitrogens with one attached hydrogen (secondary N) is 1. The molecule has 2 aromatic rings. The van der Waals surface area contributed by atoms with Gasteiger partial charge in [-0.3, -0.25) is 0 Å². The molecule has 4 nitrogen and oxygen atoms in total. The molecule has 1 N–H and O–H groups in total. The minimum absolute atomic E-state index is 0.307. The minimum Gasteiger partial charge on any atom is -0.493 e. The summed E-state index contributed by atoms with van der Waals surface area (Å²) in [5.74, 6) is 1.45. The molecule has 1 heterocycles. The maximum absolute atomic E-state index is 6.08. The van der Waals surface area contributed by atoms with Crippen LogP contribution in [0.2, 0.25) is 10.0 Å². The van der Waals surface area contributed by atoms with Crippen LogP contribution in [0.4, 0.5) is 0 Å². The molecule has 1 saturated heterocycles. The number of ether oxygens (including phenoxy) is 3. The molecule has 140 valence electrons. The average molecular weight is 396 g/mol. The molecule has 1 fully saturated rings. The van der Waals surface area contributed by atoms with Crippen molar-refractivity contribution in [2.45, 2.75) is 32.1 Å². The van der Waals surface area contributed by atoms with Gasteiger partial charge in [-0.15, -0.1) is 0 Å². The van der Waals surface area contributed by atoms with E-state index in [-0.39, 0.29) is 0 Å². The molecule has 1 atom stereocenters. The third-order valence-electron chi connectivity index (χ3n) is 4.36. The molecule has 26 heavy (non-hydrogen) atoms. The summed E-state index contributed by atoms with van der Waals surface area (Å²) < 4.78 is 17.2. The van der Waals surface area contributed by atoms with E-state index in [9.17, 15) is 0 Å². The Balaban J connectivity index is 1.66. The number of para-hydroxylation sites is 1. The zero-order chi connectivity index (χ0) is 18.4. The third kappa shape index (κ3) is 5.04. The standard InChI is InChI=1S/C20H23Cl2NO3/c1-24-19-6-2-4-15(11-23-12-16-5-3-9-25-16)20(19)26-13-14-7-8-17(21)18(22)10-14/h2,4,6-8,10,16,23H,3,5,9,11-13H2,1H3/t16-/m0/s1. The van der Waals surface area contributed by atoms with Gasteiger partial charge in [-0.2, -0.15) is 0 Å². The lowest BCUT2D eigenvalue weighted by molar-refractivity contribution is 0.110. The van der Waals surface area contributed by atoms with Crippen LogP contribution in [0.1, 0.15) is 24.0 Å². The molecule has 1 aliphatic heterocycles. The first kappa shape index (κ1) is 19.3. The van der Waals surface area contributed by atoms with E-state index in [0.717, 1.165) is 42.9 Å². The van der Waals surface area contributed by atoms with Gasteiger partial charge in [0.1, 0.15) is 6.61 Å². The van der Waals surface area contributed by atoms with Crippen LogP contribution >= 0.6 is 23.2 Å². The normalized spacial score (nSPS) is 16.7. The van der Waals surface area contributed by atoms with Gasteiger partial charge in [0.2, 0.25) is 0 Å². The van der Waals surface area contributed by atoms with E-state index < -0.39 is 0 Å². The Morgan fingerprint density at radius 1 is 1.19 bits per heavy atom. The third-order valence-corrected chi connectivity index (χ3v) is 5.10. The molecule has 0 bridgehead atoms. The van der Waals surface area contributed by atoms with Crippen LogP contribution in [0, 0.1) is 0 Å². The summed E-state index contributed by atoms with van der Waals surface area (Å²) in [6, 6.07) is 11.4. The van der Waals surface area contributed by atoms with Crippen LogP contribution in [-0.2, 0) is 17.9 Å². The predicted octanol–water partition coefficient (Wildman–Crippen LogP) is 4.85. The lowest BCUT2D eigenvalue weighted by atomic mass is 10.1. The SMILES string of the molecule is COc1cccc(CNC[C@@H]2CCCO2)c1OCc1ccc(Cl)c(Cl)c1. The zero-order valence-corrected chi connectivity index (χ0v) is 16.3. The molecular weight excluding hydrogens is 373 g/mol. The Morgan fingerprint density at radius 2 is 2.08 bits per heavy atom. The van der Waals surface area contributed by atoms with Crippen molar-refractivity contribution in [2.24, 2.45) is 0 Å². The van der Waals surface area contributed by atoms with Gasteiger partial charge in [0.25, 0.3) is 0 Å². The molecule has 0 saturated carbocycles. The Morgan fingerprint density at radius 3 is 2.81 bits per heavy atom. The summed E-state index contributed by atoms with van der Waals surface area (Å²) in [5, 5.41) is 4.50. The summed E-state index contributed by atoms with van der Waals surface area (Å²) in [6.45, 7) is 2.77. The van der Waals surface area contributed by atoms with E-state index in [1.165, 1.54) is 0 Å². The topological polar surface area (TPSA) is 39.7 Å². The van der Waals surface area contributed by atoms with Crippen molar-refractivity contribution in [3.05, 3.63) is 57.6 Å². The summed E-state index contributed by atoms with van der Waals surface area (Å²) >= 11 is 12.1. The first-order valence-corrected chi connectivity index (χ1v) is 9.48. The molecule has 0 radical (unpaired) electrons. The highest BCUT2D eigenvalue weighted by atomic mass is 35.5. The number of halogens is 2. The van der Waals surface area contributed by atoms with Crippen LogP contribution in [0.5, 0.6) is 11.5 Å². The molecular formula is C20H23Cl2NO3. The maximum atomic E-state index is 6.08. The fraction of sp³-hybridized carbons (Fsp3) is 0.400. The second-order valence-electron chi connectivity index (χ2n) is 6.25. The Labute approximate surface area is 164 Å². The quantitative estimate of drug-likeness (QED) is 0.693. The zero-order valence-electron chi connectivity index (χ0n) is 14.8. The van der Waals surface area contributed by atoms with E-state index in [1.807, 2.05) is 30.3 Å². The molecule has 6 heteroatoms. The van der Waals surface area contributed by atoms with Gasteiger partial charge in [-0.1, -0.05) is 41.4 Å². The first-order chi connectivity index (χ1) is 12.7. The van der Waals surface area contributed by atoms with E-state index in [1.54, 1.807) is 13.2 Å². The largest absolute Gasteiger partial charge is 0.493 e. The highest BCUT2D eigenvalue weighted by molar-refractivity contribution is 6.42. The fourth-order valence-electron chi connectivity index (χ4n) is 2.98. The summed E-state index contributed by atoms with van der Waals surface area (Å²) in [4.78, 5) is 0. The number of hydrogen-bond donors (Lipinski definition) is 1. The van der Waals surface area contributed by atoms with Crippen LogP contribution in [0.3, 0.4) is 0 Å². The van der Waals surface area contributed by atoms with Crippen LogP contribution in [0.15, 0.2) is 36.4 Å². The van der Waals surface area contributed by atoms with Gasteiger partial charge in [-0.25, -0.2) is 0 Å². The van der Waals surface area contributed by atoms with Crippen molar-refractivity contribution in [1.29, 1.82) is 0 Å². The Kier molecular flexibility index (Phi) is 7.03. The smallest absolute Gasteiger partial charge is 0.166 e. The lowest BCUT2D eigenvalue weighted by Crippen LogP contribution is -2.26. The van der Waals surface area contributed by atoms with Crippen LogP contribution in [-0.4, -0.2) is 26.4 Å². The second kappa shape index (κ2) is 9.47. The number of methoxy groups -OCH3 is 1. The van der Waals surface area contributed by atoms with Gasteiger partial charge in [0.15, 0.2) is 11.5 Å². The first-order valence-electron chi connectivity index (χ1n) is 8.72. The molecule has 1 aliphatic rings. The van der Waals surface area contributed by atoms with Crippen molar-refractivity contribution in [3.8, 4) is 11.5 Å². The van der Waals surface area contributed by atoms with E-state index in [2.05, 4.69) is 5.32 Å². The lowest BCUT2D eigenvalue weighted by Gasteiger charge is -2.17. The van der Waals surface area contributed by atoms with E-state index in [4.69, 9.17) is 37.4 Å². The van der Waals surface area contributed by atoms with Gasteiger partial charge >= 0.3 is 0 Å². The molecule has 2 aromatic carbocycles. The highest BCUT2D eigenvalue weighted by Crippen LogP contribution is 2.32.